The van der Waals surface area contributed by atoms with E-state index < -0.39 is 0 Å². The Morgan fingerprint density at radius 3 is 2.47 bits per heavy atom. The van der Waals surface area contributed by atoms with Gasteiger partial charge in [0.05, 0.1) is 0 Å². The summed E-state index contributed by atoms with van der Waals surface area (Å²) < 4.78 is 0. The molecule has 0 aliphatic carbocycles. The topological polar surface area (TPSA) is 20.3 Å². The fourth-order valence-corrected chi connectivity index (χ4v) is 1.98. The molecule has 2 nitrogen and oxygen atoms in total. The van der Waals surface area contributed by atoms with Crippen LogP contribution in [0.3, 0.4) is 0 Å². The normalized spacial score (nSPS) is 10.1. The van der Waals surface area contributed by atoms with Crippen LogP contribution in [0.4, 0.5) is 0 Å². The molecule has 0 heterocycles. The zero-order valence-electron chi connectivity index (χ0n) is 8.87. The summed E-state index contributed by atoms with van der Waals surface area (Å²) in [5.41, 5.74) is 0. The van der Waals surface area contributed by atoms with E-state index in [0.717, 1.165) is 15.7 Å². The molecule has 0 N–H and O–H groups in total. The number of thioether (sulfide) groups is 1. The highest BCUT2D eigenvalue weighted by Crippen LogP contribution is 2.20. The van der Waals surface area contributed by atoms with Gasteiger partial charge in [-0.05, 0) is 24.3 Å². The number of hydrogen-bond acceptors (Lipinski definition) is 2. The Labute approximate surface area is 99.6 Å². The predicted octanol–water partition coefficient (Wildman–Crippen LogP) is 2.91. The Bertz CT molecular complexity index is 324. The summed E-state index contributed by atoms with van der Waals surface area (Å²) in [5.74, 6) is 0.968. The lowest BCUT2D eigenvalue weighted by Gasteiger charge is -2.09. The van der Waals surface area contributed by atoms with E-state index in [1.165, 1.54) is 0 Å². The van der Waals surface area contributed by atoms with Gasteiger partial charge >= 0.3 is 0 Å². The Kier molecular flexibility index (Phi) is 4.99. The van der Waals surface area contributed by atoms with Crippen LogP contribution in [-0.4, -0.2) is 30.7 Å². The summed E-state index contributed by atoms with van der Waals surface area (Å²) in [6, 6.07) is 7.65. The van der Waals surface area contributed by atoms with Crippen molar-refractivity contribution in [2.45, 2.75) is 11.3 Å². The molecule has 0 saturated heterocycles. The quantitative estimate of drug-likeness (QED) is 0.758. The first-order chi connectivity index (χ1) is 7.09. The summed E-state index contributed by atoms with van der Waals surface area (Å²) in [5, 5.41) is 0.740. The molecule has 1 aromatic carbocycles. The average molecular weight is 244 g/mol. The van der Waals surface area contributed by atoms with Crippen LogP contribution in [0.1, 0.15) is 6.42 Å². The lowest BCUT2D eigenvalue weighted by atomic mass is 10.4. The number of halogens is 1. The van der Waals surface area contributed by atoms with Gasteiger partial charge in [0, 0.05) is 36.2 Å². The number of carbonyl (C=O) groups excluding carboxylic acids is 1. The molecule has 0 aromatic heterocycles. The van der Waals surface area contributed by atoms with Crippen LogP contribution in [0.5, 0.6) is 0 Å². The van der Waals surface area contributed by atoms with Gasteiger partial charge in [-0.1, -0.05) is 11.6 Å². The number of nitrogens with zero attached hydrogens (tertiary/aromatic N) is 1. The van der Waals surface area contributed by atoms with Gasteiger partial charge in [-0.15, -0.1) is 11.8 Å². The standard InChI is InChI=1S/C11H14ClNOS/c1-13(2)11(14)7-8-15-10-5-3-9(12)4-6-10/h3-6H,7-8H2,1-2H3. The van der Waals surface area contributed by atoms with Crippen molar-refractivity contribution in [2.24, 2.45) is 0 Å². The van der Waals surface area contributed by atoms with Gasteiger partial charge < -0.3 is 4.90 Å². The molecule has 0 spiro atoms. The van der Waals surface area contributed by atoms with Gasteiger partial charge in [0.15, 0.2) is 0 Å². The van der Waals surface area contributed by atoms with Gasteiger partial charge in [0.25, 0.3) is 0 Å². The van der Waals surface area contributed by atoms with Gasteiger partial charge in [0.1, 0.15) is 0 Å². The maximum Gasteiger partial charge on any atom is 0.222 e. The minimum absolute atomic E-state index is 0.163. The van der Waals surface area contributed by atoms with Crippen molar-refractivity contribution in [3.63, 3.8) is 0 Å². The summed E-state index contributed by atoms with van der Waals surface area (Å²) in [7, 11) is 3.55. The number of rotatable bonds is 4. The highest BCUT2D eigenvalue weighted by Gasteiger charge is 2.03. The molecular formula is C11H14ClNOS. The lowest BCUT2D eigenvalue weighted by molar-refractivity contribution is -0.128. The van der Waals surface area contributed by atoms with E-state index in [0.29, 0.717) is 6.42 Å². The predicted molar refractivity (Wildman–Crippen MR) is 65.5 cm³/mol. The van der Waals surface area contributed by atoms with Crippen molar-refractivity contribution in [1.29, 1.82) is 0 Å². The van der Waals surface area contributed by atoms with Crippen LogP contribution in [0, 0.1) is 0 Å². The Hall–Kier alpha value is -0.670. The van der Waals surface area contributed by atoms with E-state index in [9.17, 15) is 4.79 Å². The molecule has 82 valence electrons. The van der Waals surface area contributed by atoms with Gasteiger partial charge in [-0.3, -0.25) is 4.79 Å². The van der Waals surface area contributed by atoms with Crippen LogP contribution >= 0.6 is 23.4 Å². The fourth-order valence-electron chi connectivity index (χ4n) is 1.01. The molecule has 0 saturated carbocycles. The van der Waals surface area contributed by atoms with Gasteiger partial charge in [0.2, 0.25) is 5.91 Å². The second kappa shape index (κ2) is 6.03. The molecule has 0 radical (unpaired) electrons. The second-order valence-electron chi connectivity index (χ2n) is 3.34. The van der Waals surface area contributed by atoms with Crippen LogP contribution in [0.25, 0.3) is 0 Å². The van der Waals surface area contributed by atoms with E-state index in [4.69, 9.17) is 11.6 Å². The lowest BCUT2D eigenvalue weighted by Crippen LogP contribution is -2.21. The molecule has 0 aliphatic rings. The van der Waals surface area contributed by atoms with E-state index in [1.54, 1.807) is 30.8 Å². The van der Waals surface area contributed by atoms with Gasteiger partial charge in [-0.2, -0.15) is 0 Å². The van der Waals surface area contributed by atoms with Gasteiger partial charge in [-0.25, -0.2) is 0 Å². The number of carbonyl (C=O) groups is 1. The Morgan fingerprint density at radius 1 is 1.33 bits per heavy atom. The summed E-state index contributed by atoms with van der Waals surface area (Å²) >= 11 is 7.44. The first kappa shape index (κ1) is 12.4. The first-order valence-corrected chi connectivity index (χ1v) is 6.04. The zero-order chi connectivity index (χ0) is 11.3. The molecule has 0 unspecified atom stereocenters. The van der Waals surface area contributed by atoms with Crippen molar-refractivity contribution in [2.75, 3.05) is 19.8 Å². The van der Waals surface area contributed by atoms with Crippen molar-refractivity contribution < 1.29 is 4.79 Å². The third-order valence-corrected chi connectivity index (χ3v) is 3.16. The van der Waals surface area contributed by atoms with E-state index in [2.05, 4.69) is 0 Å². The van der Waals surface area contributed by atoms with E-state index in [-0.39, 0.29) is 5.91 Å². The molecule has 15 heavy (non-hydrogen) atoms. The Balaban J connectivity index is 2.32. The fraction of sp³-hybridized carbons (Fsp3) is 0.364. The molecule has 0 aliphatic heterocycles. The van der Waals surface area contributed by atoms with Crippen LogP contribution in [0.2, 0.25) is 5.02 Å². The maximum atomic E-state index is 11.3. The number of hydrogen-bond donors (Lipinski definition) is 0. The largest absolute Gasteiger partial charge is 0.349 e. The highest BCUT2D eigenvalue weighted by atomic mass is 35.5. The molecular weight excluding hydrogens is 230 g/mol. The van der Waals surface area contributed by atoms with E-state index in [1.807, 2.05) is 24.3 Å². The molecule has 1 rings (SSSR count). The number of benzene rings is 1. The molecule has 1 aromatic rings. The van der Waals surface area contributed by atoms with Crippen molar-refractivity contribution >= 4 is 29.3 Å². The molecule has 1 amide bonds. The van der Waals surface area contributed by atoms with Crippen molar-refractivity contribution in [1.82, 2.24) is 4.90 Å². The first-order valence-electron chi connectivity index (χ1n) is 4.68. The molecule has 0 atom stereocenters. The molecule has 4 heteroatoms. The van der Waals surface area contributed by atoms with E-state index >= 15 is 0 Å². The average Bonchev–Trinajstić information content (AvgIpc) is 2.20. The monoisotopic (exact) mass is 243 g/mol. The minimum Gasteiger partial charge on any atom is -0.349 e. The minimum atomic E-state index is 0.163. The summed E-state index contributed by atoms with van der Waals surface area (Å²) in [4.78, 5) is 14.0. The third kappa shape index (κ3) is 4.58. The van der Waals surface area contributed by atoms with Crippen LogP contribution in [0.15, 0.2) is 29.2 Å². The highest BCUT2D eigenvalue weighted by molar-refractivity contribution is 7.99. The van der Waals surface area contributed by atoms with Crippen molar-refractivity contribution in [3.8, 4) is 0 Å². The smallest absolute Gasteiger partial charge is 0.222 e. The van der Waals surface area contributed by atoms with Crippen LogP contribution < -0.4 is 0 Å². The SMILES string of the molecule is CN(C)C(=O)CCSc1ccc(Cl)cc1. The van der Waals surface area contributed by atoms with Crippen LogP contribution in [-0.2, 0) is 4.79 Å². The summed E-state index contributed by atoms with van der Waals surface area (Å²) in [6.45, 7) is 0. The maximum absolute atomic E-state index is 11.3. The van der Waals surface area contributed by atoms with Crippen molar-refractivity contribution in [3.05, 3.63) is 29.3 Å². The summed E-state index contributed by atoms with van der Waals surface area (Å²) in [6.07, 6.45) is 0.570. The molecule has 0 bridgehead atoms. The second-order valence-corrected chi connectivity index (χ2v) is 4.95. The Morgan fingerprint density at radius 2 is 1.93 bits per heavy atom. The molecule has 0 fully saturated rings. The zero-order valence-corrected chi connectivity index (χ0v) is 10.4. The third-order valence-electron chi connectivity index (χ3n) is 1.90. The number of amides is 1.